The van der Waals surface area contributed by atoms with Crippen molar-refractivity contribution < 1.29 is 109 Å². The maximum absolute atomic E-state index is 12.3. The average Bonchev–Trinajstić information content (AvgIpc) is 3.53. The maximum atomic E-state index is 12.3. The molecule has 1 unspecified atom stereocenters. The molecule has 0 aliphatic carbocycles. The van der Waals surface area contributed by atoms with Crippen LogP contribution >= 0.6 is 35.7 Å². The van der Waals surface area contributed by atoms with Gasteiger partial charge >= 0.3 is 17.9 Å². The van der Waals surface area contributed by atoms with Gasteiger partial charge in [0.25, 0.3) is 0 Å². The number of carbonyl (C=O) groups excluding carboxylic acids is 5. The summed E-state index contributed by atoms with van der Waals surface area (Å²) in [5.41, 5.74) is 0. The lowest BCUT2D eigenvalue weighted by Crippen LogP contribution is -2.58. The van der Waals surface area contributed by atoms with Crippen LogP contribution in [0.5, 0.6) is 0 Å². The van der Waals surface area contributed by atoms with Crippen LogP contribution in [0.4, 0.5) is 0 Å². The Kier molecular flexibility index (Phi) is 52.7. The van der Waals surface area contributed by atoms with E-state index in [2.05, 4.69) is 6.07 Å². The Balaban J connectivity index is 1.77. The Morgan fingerprint density at radius 1 is 0.452 bits per heavy atom. The standard InChI is InChI=1S/C57H99NO23S3/c1-7-83-56(82)84-57(6,45-58)17-15-50(62)14-12-18-64-21-23-66-25-27-68-29-31-70-33-35-72-37-39-74-41-43-76-44-42-75-40-38-73-36-34-71-32-30-69-28-26-67-24-22-65-20-16-51(63)13-10-8-9-11-19-77-54-46(2)52(78-47(3)59)53(79-48(4)60)55(81-54)80-49(5)61/h46,52-55H,7-44H2,1-6H3/t46-,52-,53-,54-,55+,57?/m0/s1. The van der Waals surface area contributed by atoms with E-state index in [9.17, 15) is 29.2 Å². The monoisotopic (exact) mass is 1260 g/mol. The van der Waals surface area contributed by atoms with Crippen molar-refractivity contribution in [3.05, 3.63) is 0 Å². The Bertz CT molecular complexity index is 1740. The van der Waals surface area contributed by atoms with Gasteiger partial charge in [-0.1, -0.05) is 50.7 Å². The van der Waals surface area contributed by atoms with E-state index in [1.807, 2.05) is 13.8 Å². The third-order valence-electron chi connectivity index (χ3n) is 11.7. The highest BCUT2D eigenvalue weighted by atomic mass is 32.2. The first kappa shape index (κ1) is 79.4. The zero-order chi connectivity index (χ0) is 61.6. The van der Waals surface area contributed by atoms with Gasteiger partial charge in [-0.25, -0.2) is 0 Å². The normalized spacial score (nSPS) is 17.6. The number of thioether (sulfide) groups is 2. The first-order valence-corrected chi connectivity index (χ1v) is 31.5. The molecule has 0 aromatic rings. The van der Waals surface area contributed by atoms with E-state index in [0.29, 0.717) is 223 Å². The summed E-state index contributed by atoms with van der Waals surface area (Å²) in [7, 11) is 0. The maximum Gasteiger partial charge on any atom is 0.305 e. The lowest BCUT2D eigenvalue weighted by Gasteiger charge is -2.43. The van der Waals surface area contributed by atoms with Crippen LogP contribution in [-0.2, 0) is 109 Å². The van der Waals surface area contributed by atoms with Crippen LogP contribution in [-0.4, -0.2) is 247 Å². The van der Waals surface area contributed by atoms with Crippen molar-refractivity contribution in [2.75, 3.05) is 184 Å². The zero-order valence-electron chi connectivity index (χ0n) is 50.8. The molecule has 0 radical (unpaired) electrons. The van der Waals surface area contributed by atoms with Gasteiger partial charge in [0, 0.05) is 65.6 Å². The average molecular weight is 1260 g/mol. The second-order valence-electron chi connectivity index (χ2n) is 19.0. The molecule has 488 valence electrons. The summed E-state index contributed by atoms with van der Waals surface area (Å²) >= 11 is 8.22. The molecule has 1 rings (SSSR count). The number of ether oxygens (including phenoxy) is 18. The number of nitrogens with zero attached hydrogens (tertiary/aromatic N) is 1. The molecule has 6 atom stereocenters. The molecule has 0 spiro atoms. The number of Topliss-reactive ketones (excluding diaryl/α,β-unsaturated/α-hetero) is 2. The Morgan fingerprint density at radius 2 is 0.810 bits per heavy atom. The molecule has 1 fully saturated rings. The van der Waals surface area contributed by atoms with Gasteiger partial charge in [0.05, 0.1) is 171 Å². The van der Waals surface area contributed by atoms with Crippen LogP contribution in [0.15, 0.2) is 0 Å². The number of hydrogen-bond donors (Lipinski definition) is 0. The fourth-order valence-corrected chi connectivity index (χ4v) is 10.3. The van der Waals surface area contributed by atoms with E-state index in [0.717, 1.165) is 28.5 Å². The van der Waals surface area contributed by atoms with Gasteiger partial charge in [0.15, 0.2) is 12.4 Å². The minimum atomic E-state index is -1.30. The second kappa shape index (κ2) is 55.7. The molecule has 27 heteroatoms. The highest BCUT2D eigenvalue weighted by Crippen LogP contribution is 2.35. The number of hydrogen-bond acceptors (Lipinski definition) is 27. The summed E-state index contributed by atoms with van der Waals surface area (Å²) in [6.07, 6.45) is 1.52. The zero-order valence-corrected chi connectivity index (χ0v) is 53.3. The molecule has 0 saturated carbocycles. The van der Waals surface area contributed by atoms with E-state index in [4.69, 9.17) is 97.5 Å². The predicted molar refractivity (Wildman–Crippen MR) is 316 cm³/mol. The topological polar surface area (TPSA) is 275 Å². The first-order valence-electron chi connectivity index (χ1n) is 29.3. The largest absolute Gasteiger partial charge is 0.458 e. The number of carbonyl (C=O) groups is 5. The summed E-state index contributed by atoms with van der Waals surface area (Å²) in [4.78, 5) is 59.8. The number of unbranched alkanes of at least 4 members (excludes halogenated alkanes) is 3. The highest BCUT2D eigenvalue weighted by Gasteiger charge is 2.50. The minimum absolute atomic E-state index is 0.129. The number of nitriles is 1. The van der Waals surface area contributed by atoms with Crippen LogP contribution in [0, 0.1) is 17.2 Å². The van der Waals surface area contributed by atoms with Gasteiger partial charge in [-0.3, -0.25) is 24.0 Å². The predicted octanol–water partition coefficient (Wildman–Crippen LogP) is 6.06. The third kappa shape index (κ3) is 47.5. The number of ketones is 2. The molecule has 0 aromatic heterocycles. The van der Waals surface area contributed by atoms with Crippen LogP contribution in [0.3, 0.4) is 0 Å². The Morgan fingerprint density at radius 3 is 1.20 bits per heavy atom. The molecule has 0 N–H and O–H groups in total. The smallest absolute Gasteiger partial charge is 0.305 e. The van der Waals surface area contributed by atoms with E-state index in [-0.39, 0.29) is 11.6 Å². The van der Waals surface area contributed by atoms with Crippen LogP contribution in [0.2, 0.25) is 0 Å². The summed E-state index contributed by atoms with van der Waals surface area (Å²) in [5, 5.41) is 9.55. The lowest BCUT2D eigenvalue weighted by atomic mass is 9.95. The highest BCUT2D eigenvalue weighted by molar-refractivity contribution is 8.47. The molecule has 1 aliphatic rings. The van der Waals surface area contributed by atoms with E-state index >= 15 is 0 Å². The van der Waals surface area contributed by atoms with E-state index < -0.39 is 53.4 Å². The quantitative estimate of drug-likeness (QED) is 0.0290. The van der Waals surface area contributed by atoms with Crippen molar-refractivity contribution in [2.24, 2.45) is 5.92 Å². The first-order chi connectivity index (χ1) is 40.7. The molecule has 1 aliphatic heterocycles. The molecule has 0 aromatic carbocycles. The van der Waals surface area contributed by atoms with E-state index in [1.54, 1.807) is 18.7 Å². The van der Waals surface area contributed by atoms with Crippen molar-refractivity contribution >= 4 is 68.7 Å². The Hall–Kier alpha value is -2.57. The molecular formula is C57H99NO23S3. The molecule has 0 bridgehead atoms. The van der Waals surface area contributed by atoms with Crippen molar-refractivity contribution in [1.82, 2.24) is 0 Å². The van der Waals surface area contributed by atoms with Crippen LogP contribution < -0.4 is 0 Å². The second-order valence-corrected chi connectivity index (χ2v) is 23.0. The SMILES string of the molecule is CCSC(=S)SC(C)(C#N)CCC(=O)CCCOCCOCCOCCOCCOCCOCCOCCOCCOCCOCCOCCOCCOCCC(=O)CCCCCCO[C@H]1O[C@@H](OC(C)=O)[C@@H](OC(C)=O)[C@@H](OC(C)=O)[C@@H]1C. The number of rotatable bonds is 59. The lowest BCUT2D eigenvalue weighted by molar-refractivity contribution is -0.331. The van der Waals surface area contributed by atoms with E-state index in [1.165, 1.54) is 32.5 Å². The number of esters is 3. The van der Waals surface area contributed by atoms with Crippen LogP contribution in [0.25, 0.3) is 0 Å². The summed E-state index contributed by atoms with van der Waals surface area (Å²) in [6.45, 7) is 21.1. The van der Waals surface area contributed by atoms with Crippen molar-refractivity contribution in [1.29, 1.82) is 5.26 Å². The number of thiocarbonyl (C=S) groups is 1. The fourth-order valence-electron chi connectivity index (χ4n) is 7.44. The molecule has 24 nitrogen and oxygen atoms in total. The van der Waals surface area contributed by atoms with Gasteiger partial charge in [0.2, 0.25) is 12.4 Å². The van der Waals surface area contributed by atoms with Gasteiger partial charge in [0.1, 0.15) is 19.8 Å². The molecular weight excluding hydrogens is 1160 g/mol. The van der Waals surface area contributed by atoms with Crippen molar-refractivity contribution in [3.63, 3.8) is 0 Å². The third-order valence-corrected chi connectivity index (χ3v) is 14.4. The van der Waals surface area contributed by atoms with Gasteiger partial charge in [-0.05, 0) is 38.4 Å². The molecule has 84 heavy (non-hydrogen) atoms. The van der Waals surface area contributed by atoms with Crippen molar-refractivity contribution in [3.8, 4) is 6.07 Å². The Labute approximate surface area is 512 Å². The van der Waals surface area contributed by atoms with Gasteiger partial charge in [-0.15, -0.1) is 11.8 Å². The van der Waals surface area contributed by atoms with Crippen molar-refractivity contribution in [2.45, 2.75) is 135 Å². The van der Waals surface area contributed by atoms with Gasteiger partial charge < -0.3 is 85.3 Å². The molecule has 1 saturated heterocycles. The summed E-state index contributed by atoms with van der Waals surface area (Å²) < 4.78 is 99.5. The van der Waals surface area contributed by atoms with Gasteiger partial charge in [-0.2, -0.15) is 5.26 Å². The van der Waals surface area contributed by atoms with Crippen LogP contribution in [0.1, 0.15) is 106 Å². The summed E-state index contributed by atoms with van der Waals surface area (Å²) in [6, 6.07) is 2.30. The fraction of sp³-hybridized carbons (Fsp3) is 0.877. The summed E-state index contributed by atoms with van der Waals surface area (Å²) in [5.74, 6) is -1.29. The minimum Gasteiger partial charge on any atom is -0.458 e. The molecule has 1 heterocycles. The molecule has 0 amide bonds.